The summed E-state index contributed by atoms with van der Waals surface area (Å²) in [6, 6.07) is 6.80. The van der Waals surface area contributed by atoms with E-state index in [2.05, 4.69) is 205 Å². The quantitative estimate of drug-likeness (QED) is 0.0154. The molecule has 0 aliphatic carbocycles. The lowest BCUT2D eigenvalue weighted by molar-refractivity contribution is 0.0175. The monoisotopic (exact) mass is 2070 g/mol. The van der Waals surface area contributed by atoms with E-state index in [1.165, 1.54) is 6.08 Å². The second-order valence-electron chi connectivity index (χ2n) is 42.0. The van der Waals surface area contributed by atoms with Crippen molar-refractivity contribution in [3.05, 3.63) is 12.7 Å². The molecule has 0 heterocycles. The molecule has 0 aliphatic rings. The second-order valence-corrected chi connectivity index (χ2v) is 64.2. The number of aliphatic hydroxyl groups is 11. The molecule has 0 aliphatic heterocycles. The molecule has 0 rings (SSSR count). The fourth-order valence-corrected chi connectivity index (χ4v) is 30.2. The predicted molar refractivity (Wildman–Crippen MR) is 648 cm³/mol. The van der Waals surface area contributed by atoms with Crippen molar-refractivity contribution in [1.82, 2.24) is 0 Å². The molecule has 0 bridgehead atoms. The van der Waals surface area contributed by atoms with Crippen LogP contribution in [0.4, 0.5) is 0 Å². The van der Waals surface area contributed by atoms with Crippen LogP contribution in [0.1, 0.15) is 421 Å². The molecule has 141 heavy (non-hydrogen) atoms. The van der Waals surface area contributed by atoms with E-state index in [0.717, 1.165) is 241 Å². The van der Waals surface area contributed by atoms with Gasteiger partial charge >= 0.3 is 0 Å². The third-order valence-corrected chi connectivity index (χ3v) is 50.4. The molecule has 0 aromatic heterocycles. The maximum absolute atomic E-state index is 10.9. The van der Waals surface area contributed by atoms with E-state index in [9.17, 15) is 56.2 Å². The minimum Gasteiger partial charge on any atom is -0.388 e. The summed E-state index contributed by atoms with van der Waals surface area (Å²) in [6.45, 7) is 112. The average Bonchev–Trinajstić information content (AvgIpc) is 0.795. The molecule has 0 aromatic carbocycles. The van der Waals surface area contributed by atoms with E-state index in [1.807, 2.05) is 201 Å². The minimum atomic E-state index is -1.64. The van der Waals surface area contributed by atoms with Crippen LogP contribution in [-0.2, 0) is 0 Å². The molecule has 0 radical (unpaired) electrons. The van der Waals surface area contributed by atoms with Crippen molar-refractivity contribution >= 4 is 95.1 Å². The Morgan fingerprint density at radius 2 is 0.426 bits per heavy atom. The van der Waals surface area contributed by atoms with E-state index in [4.69, 9.17) is 0 Å². The van der Waals surface area contributed by atoms with Gasteiger partial charge in [0.1, 0.15) is 39.2 Å². The Bertz CT molecular complexity index is 3470. The van der Waals surface area contributed by atoms with E-state index >= 15 is 0 Å². The summed E-state index contributed by atoms with van der Waals surface area (Å²) in [5, 5.41) is 111. The SMILES string of the molecule is C=CC(C)(O)C(CC)=NC.CCC(=NC)C(C)(O)[Si](C)(C)C.CCC(=NC)C(C)(O)[Si](CC)(CC)CC.CCC(=NC)C(O)(C(C)C)C(C)C.CCC(=NC)C(O)(CC)C(C)C.CCC(=NC)C(O)(CC)CC.CCN=C(CC)C(C)(O)[Si](C)(C)C.CCN=C(CC)C(C)(O)[Si](CC)(CC)CC.CCN=C(CC)C(O)(C(C)C)C(C)C.CCN=C(CC)C(O)(CC)C(C)C.CCN=C(CC)C(O)(CC)CC. The van der Waals surface area contributed by atoms with Crippen LogP contribution in [0.3, 0.4) is 0 Å². The van der Waals surface area contributed by atoms with Crippen LogP contribution >= 0.6 is 0 Å². The zero-order valence-electron chi connectivity index (χ0n) is 104. The summed E-state index contributed by atoms with van der Waals surface area (Å²) < 4.78 is 0. The first kappa shape index (κ1) is 160. The third-order valence-electron chi connectivity index (χ3n) is 31.2. The molecule has 7 atom stereocenters. The van der Waals surface area contributed by atoms with Crippen LogP contribution < -0.4 is 0 Å². The van der Waals surface area contributed by atoms with Crippen molar-refractivity contribution in [1.29, 1.82) is 0 Å². The Balaban J connectivity index is -0.000000147. The van der Waals surface area contributed by atoms with Crippen LogP contribution in [0.5, 0.6) is 0 Å². The van der Waals surface area contributed by atoms with Crippen LogP contribution in [0.2, 0.25) is 75.5 Å². The van der Waals surface area contributed by atoms with E-state index in [1.54, 1.807) is 49.2 Å². The average molecular weight is 2070 g/mol. The highest BCUT2D eigenvalue weighted by molar-refractivity contribution is 6.86. The number of aliphatic imine (C=N–C) groups is 11. The molecular formula is C115H247N11O11Si4. The van der Waals surface area contributed by atoms with Gasteiger partial charge in [-0.25, -0.2) is 0 Å². The first-order valence-corrected chi connectivity index (χ1v) is 68.0. The molecule has 7 unspecified atom stereocenters. The van der Waals surface area contributed by atoms with Gasteiger partial charge in [0, 0.05) is 138 Å². The lowest BCUT2D eigenvalue weighted by atomic mass is 9.76. The highest BCUT2D eigenvalue weighted by Crippen LogP contribution is 2.38. The van der Waals surface area contributed by atoms with Gasteiger partial charge in [-0.05, 0) is 214 Å². The van der Waals surface area contributed by atoms with Gasteiger partial charge < -0.3 is 56.2 Å². The van der Waals surface area contributed by atoms with E-state index in [0.29, 0.717) is 0 Å². The Kier molecular flexibility index (Phi) is 90.4. The van der Waals surface area contributed by atoms with Gasteiger partial charge in [-0.3, -0.25) is 54.9 Å². The van der Waals surface area contributed by atoms with E-state index in [-0.39, 0.29) is 35.5 Å². The normalized spacial score (nSPS) is 16.6. The first-order valence-electron chi connectivity index (χ1n) is 55.7. The zero-order valence-corrected chi connectivity index (χ0v) is 108. The number of rotatable bonds is 50. The molecule has 0 fully saturated rings. The Morgan fingerprint density at radius 3 is 0.582 bits per heavy atom. The molecule has 0 spiro atoms. The lowest BCUT2D eigenvalue weighted by Gasteiger charge is -2.43. The van der Waals surface area contributed by atoms with Crippen molar-refractivity contribution in [2.45, 2.75) is 556 Å². The molecule has 22 nitrogen and oxygen atoms in total. The van der Waals surface area contributed by atoms with Gasteiger partial charge in [0.25, 0.3) is 0 Å². The highest BCUT2D eigenvalue weighted by Gasteiger charge is 2.50. The van der Waals surface area contributed by atoms with Crippen LogP contribution in [0.15, 0.2) is 67.6 Å². The van der Waals surface area contributed by atoms with Crippen LogP contribution in [0, 0.1) is 35.5 Å². The smallest absolute Gasteiger partial charge is 0.117 e. The maximum atomic E-state index is 10.9. The van der Waals surface area contributed by atoms with Crippen molar-refractivity contribution in [3.8, 4) is 0 Å². The molecular weight excluding hydrogens is 1820 g/mol. The maximum Gasteiger partial charge on any atom is 0.117 e. The zero-order chi connectivity index (χ0) is 115. The highest BCUT2D eigenvalue weighted by atomic mass is 28.3. The summed E-state index contributed by atoms with van der Waals surface area (Å²) in [4.78, 5) is 46.8. The van der Waals surface area contributed by atoms with Gasteiger partial charge in [-0.15, -0.1) is 0 Å². The van der Waals surface area contributed by atoms with Gasteiger partial charge in [-0.2, -0.15) is 0 Å². The van der Waals surface area contributed by atoms with Crippen LogP contribution in [-0.4, -0.2) is 286 Å². The van der Waals surface area contributed by atoms with E-state index < -0.39 is 92.4 Å². The van der Waals surface area contributed by atoms with Gasteiger partial charge in [0.05, 0.1) is 53.2 Å². The summed E-state index contributed by atoms with van der Waals surface area (Å²) in [6.07, 6.45) is 15.2. The number of hydrogen-bond acceptors (Lipinski definition) is 22. The number of hydrogen-bond donors (Lipinski definition) is 11. The Morgan fingerprint density at radius 1 is 0.234 bits per heavy atom. The topological polar surface area (TPSA) is 358 Å². The Labute approximate surface area is 880 Å². The lowest BCUT2D eigenvalue weighted by Crippen LogP contribution is -2.60. The molecule has 0 amide bonds. The molecule has 0 aromatic rings. The van der Waals surface area contributed by atoms with Gasteiger partial charge in [0.2, 0.25) is 0 Å². The standard InChI is InChI=1S/C13H29NOSi.C12H27NOSi.C12H25NO.2C11H23NO.C10H23NOSi.2C10H21NO.C9H21NOSi.C9H19NO.C8H15NO/c1-7-12(14-8-2)13(6,15)16(9-3,10-4)11-5;1-7-11(13-6)12(5,14)15(8-2,9-3)10-4;1-7-11(13-8-2)12(14,9(3)4)10(5)6;1-7-10(12-6)11(13,8(2)3)9(4)5;1-6-10(12-8-3)11(13,7-2)9(4)5;1-7-9(11-8-2)10(3,12)13(4,5)6;1-6-9(11-5)10(12,7-2)8(3)4;1-5-9(11-8-4)10(12,6-2)7-3;1-7-8(10-3)9(2,11)12(4,5)6;1-5-8(10-4)9(11,6-2)7-3;1-5-7(9-4)8(3,10)6-2/h15H,7-11H2,1-6H3;14H,7-10H2,1-6H3;9-10,14H,7-8H2,1-6H3;8-9,13H,7H2,1-6H3;9,13H,6-8H2,1-5H3;12H,7-8H2,1-6H3;8,12H,6-7H2,1-5H3;12H,5-8H2,1-4H3;11H,7H2,1-6H3;11H,5-7H2,1-4H3;6,10H,2,5H2,1,3-4H3. The summed E-state index contributed by atoms with van der Waals surface area (Å²) in [5.41, 5.74) is 5.21. The summed E-state index contributed by atoms with van der Waals surface area (Å²) in [5.74, 6) is 1.33. The molecule has 0 saturated carbocycles. The molecule has 0 saturated heterocycles. The first-order chi connectivity index (χ1) is 64.7. The van der Waals surface area contributed by atoms with Crippen LogP contribution in [0.25, 0.3) is 0 Å². The fourth-order valence-electron chi connectivity index (χ4n) is 19.0. The third kappa shape index (κ3) is 49.9. The largest absolute Gasteiger partial charge is 0.388 e. The predicted octanol–water partition coefficient (Wildman–Crippen LogP) is 27.7. The van der Waals surface area contributed by atoms with Crippen molar-refractivity contribution in [2.24, 2.45) is 90.4 Å². The Hall–Kier alpha value is -3.46. The summed E-state index contributed by atoms with van der Waals surface area (Å²) >= 11 is 0. The molecule has 26 heteroatoms. The molecule has 844 valence electrons. The van der Waals surface area contributed by atoms with Gasteiger partial charge in [-0.1, -0.05) is 331 Å². The summed E-state index contributed by atoms with van der Waals surface area (Å²) in [7, 11) is 4.08. The number of nitrogens with zero attached hydrogens (tertiary/aromatic N) is 11. The van der Waals surface area contributed by atoms with Crippen molar-refractivity contribution in [3.63, 3.8) is 0 Å². The second kappa shape index (κ2) is 79.6. The molecule has 11 N–H and O–H groups in total. The fraction of sp³-hybridized carbons (Fsp3) is 0.887. The minimum absolute atomic E-state index is 0.214. The van der Waals surface area contributed by atoms with Gasteiger partial charge in [0.15, 0.2) is 0 Å². The van der Waals surface area contributed by atoms with Crippen molar-refractivity contribution < 1.29 is 56.2 Å². The van der Waals surface area contributed by atoms with Crippen molar-refractivity contribution in [2.75, 3.05) is 75.0 Å².